The Morgan fingerprint density at radius 2 is 0.886 bits per heavy atom. The van der Waals surface area contributed by atoms with Gasteiger partial charge in [-0.1, -0.05) is 94.6 Å². The molecule has 19 nitrogen and oxygen atoms in total. The first kappa shape index (κ1) is 66.8. The summed E-state index contributed by atoms with van der Waals surface area (Å²) in [6.07, 6.45) is 19.3. The molecule has 6 atom stereocenters. The maximum Gasteiger partial charge on any atom is 0.264 e. The van der Waals surface area contributed by atoms with E-state index in [0.29, 0.717) is 40.4 Å². The Hall–Kier alpha value is -5.62. The Bertz CT molecular complexity index is 3570. The topological polar surface area (TPSA) is 204 Å². The highest BCUT2D eigenvalue weighted by Gasteiger charge is 2.48. The predicted molar refractivity (Wildman–Crippen MR) is 354 cm³/mol. The van der Waals surface area contributed by atoms with E-state index < -0.39 is 30.2 Å². The number of aromatic amines is 1. The fourth-order valence-electron chi connectivity index (χ4n) is 14.6. The molecule has 15 rings (SSSR count). The van der Waals surface area contributed by atoms with Gasteiger partial charge in [-0.25, -0.2) is 16.8 Å². The maximum atomic E-state index is 11.6. The number of rotatable bonds is 15. The van der Waals surface area contributed by atoms with E-state index in [0.717, 1.165) is 96.7 Å². The summed E-state index contributed by atoms with van der Waals surface area (Å²) < 4.78 is 73.1. The number of piperidine rings is 3. The Balaban J connectivity index is 0.000000143. The molecule has 482 valence electrons. The van der Waals surface area contributed by atoms with E-state index in [-0.39, 0.29) is 18.4 Å². The molecule has 3 aromatic heterocycles. The summed E-state index contributed by atoms with van der Waals surface area (Å²) in [7, 11) is -10.2. The van der Waals surface area contributed by atoms with Crippen molar-refractivity contribution in [2.75, 3.05) is 112 Å². The van der Waals surface area contributed by atoms with Crippen molar-refractivity contribution in [3.8, 4) is 0 Å². The van der Waals surface area contributed by atoms with Crippen molar-refractivity contribution in [2.24, 2.45) is 34.0 Å². The van der Waals surface area contributed by atoms with E-state index in [2.05, 4.69) is 190 Å². The van der Waals surface area contributed by atoms with Crippen LogP contribution in [-0.4, -0.2) is 179 Å². The van der Waals surface area contributed by atoms with Gasteiger partial charge in [0.1, 0.15) is 0 Å². The molecule has 6 bridgehead atoms. The third-order valence-corrected chi connectivity index (χ3v) is 21.3. The summed E-state index contributed by atoms with van der Waals surface area (Å²) in [4.78, 5) is 13.2. The van der Waals surface area contributed by atoms with Crippen LogP contribution in [0.2, 0.25) is 0 Å². The Morgan fingerprint density at radius 3 is 1.30 bits per heavy atom. The summed E-state index contributed by atoms with van der Waals surface area (Å²) in [5.41, 5.74) is 12.0. The van der Waals surface area contributed by atoms with Gasteiger partial charge in [0.25, 0.3) is 30.2 Å². The average Bonchev–Trinajstić information content (AvgIpc) is 3.70. The van der Waals surface area contributed by atoms with Crippen LogP contribution in [0.15, 0.2) is 110 Å². The summed E-state index contributed by atoms with van der Waals surface area (Å²) in [6, 6.07) is 28.8. The van der Waals surface area contributed by atoms with E-state index in [1.165, 1.54) is 103 Å². The van der Waals surface area contributed by atoms with Crippen molar-refractivity contribution in [3.05, 3.63) is 143 Å². The number of anilines is 3. The van der Waals surface area contributed by atoms with E-state index >= 15 is 0 Å². The smallest absolute Gasteiger partial charge is 0.264 e. The summed E-state index contributed by atoms with van der Waals surface area (Å²) in [5.74, 6) is 2.18. The molecule has 0 saturated carbocycles. The molecule has 9 aliphatic heterocycles. The number of nitrogens with one attached hydrogen (secondary N) is 2. The van der Waals surface area contributed by atoms with Crippen LogP contribution in [0.4, 0.5) is 17.1 Å². The van der Waals surface area contributed by atoms with Gasteiger partial charge in [0.05, 0.1) is 44.0 Å². The number of benzene rings is 3. The highest BCUT2D eigenvalue weighted by atomic mass is 32.2. The van der Waals surface area contributed by atoms with Gasteiger partial charge in [0, 0.05) is 126 Å². The number of fused-ring (bicyclic) bond motifs is 12. The van der Waals surface area contributed by atoms with Crippen LogP contribution in [0.3, 0.4) is 0 Å². The number of nitrogens with zero attached hydrogens (tertiary/aromatic N) is 10. The maximum absolute atomic E-state index is 11.6. The minimum Gasteiger partial charge on any atom is -0.366 e. The number of aromatic nitrogens is 6. The van der Waals surface area contributed by atoms with Crippen LogP contribution >= 0.6 is 0 Å². The first-order valence-corrected chi connectivity index (χ1v) is 36.8. The zero-order valence-electron chi connectivity index (χ0n) is 54.1. The van der Waals surface area contributed by atoms with Crippen LogP contribution in [0.5, 0.6) is 0 Å². The third-order valence-electron chi connectivity index (χ3n) is 19.0. The predicted octanol–water partition coefficient (Wildman–Crippen LogP) is 8.30. The quantitative estimate of drug-likeness (QED) is 0.0928. The summed E-state index contributed by atoms with van der Waals surface area (Å²) in [5, 5.41) is 18.3. The Morgan fingerprint density at radius 1 is 0.489 bits per heavy atom. The van der Waals surface area contributed by atoms with E-state index in [1.807, 2.05) is 12.4 Å². The number of hydrogen-bond donors (Lipinski definition) is 2. The van der Waals surface area contributed by atoms with Crippen molar-refractivity contribution >= 4 is 47.2 Å². The van der Waals surface area contributed by atoms with Crippen molar-refractivity contribution in [1.29, 1.82) is 0 Å². The highest BCUT2D eigenvalue weighted by molar-refractivity contribution is 7.89. The second-order valence-electron chi connectivity index (χ2n) is 28.2. The van der Waals surface area contributed by atoms with Crippen LogP contribution in [0.25, 0.3) is 0 Å². The SMILES string of the molecule is CS(=O)(=O)OCCc1cnn(S(C)(=O)=O)c1.Cc1ccc(N2C[C@H]3CN(CCc4cn[nH]c4)C[C@@H]2C(C)(C)C3)cc1.Cc1ccc(N2C[C@H]3CN(CCc4cnn(S(C)(=O)=O)c4)C[C@@H]2C(C)(C)C3)cc1.Cc1ccc(N2C[C@H]3CNC[C@@H]2C(C)(C)C3)cc1. The molecule has 9 aliphatic rings. The largest absolute Gasteiger partial charge is 0.366 e. The average molecular weight is 1270 g/mol. The molecule has 0 aliphatic carbocycles. The van der Waals surface area contributed by atoms with Gasteiger partial charge >= 0.3 is 0 Å². The molecule has 9 fully saturated rings. The van der Waals surface area contributed by atoms with Crippen molar-refractivity contribution in [3.63, 3.8) is 0 Å². The molecule has 2 N–H and O–H groups in total. The third kappa shape index (κ3) is 17.7. The standard InChI is InChI=1S/C22H32N4O2S.C21H30N4.C16H24N2.C7H12N2O5S2/c1-17-5-7-20(8-6-17)25-14-19-11-22(2,3)21(25)16-24(13-19)10-9-18-12-23-26(15-18)29(4,27)28;1-16-4-6-19(7-5-16)25-14-18-10-21(2,3)20(25)15-24(13-18)9-8-17-11-22-23-12-17;1-12-4-6-14(7-5-12)18-11-13-8-16(2,3)15(18)10-17-9-13;1-15(10,11)9-6-7(5-8-9)3-4-14-16(2,12)13/h5-8,12,15,19,21H,9-11,13-14,16H2,1-4H3;4-7,11-12,18,20H,8-10,13-15H2,1-3H3,(H,22,23);4-7,13,15,17H,8-11H2,1-3H3;5-6H,3-4H2,1-2H3/t19-,21-;18-,20-;13-,15-;/m111./s1. The minimum absolute atomic E-state index is 0.0334. The lowest BCUT2D eigenvalue weighted by Crippen LogP contribution is -2.54. The van der Waals surface area contributed by atoms with Crippen LogP contribution < -0.4 is 20.0 Å². The molecule has 0 radical (unpaired) electrons. The monoisotopic (exact) mass is 1270 g/mol. The molecule has 88 heavy (non-hydrogen) atoms. The molecule has 22 heteroatoms. The molecule has 9 saturated heterocycles. The molecular weight excluding hydrogens is 1170 g/mol. The minimum atomic E-state index is -3.46. The first-order chi connectivity index (χ1) is 41.4. The van der Waals surface area contributed by atoms with Gasteiger partial charge in [-0.05, 0) is 147 Å². The van der Waals surface area contributed by atoms with Gasteiger partial charge in [-0.15, -0.1) is 0 Å². The zero-order chi connectivity index (χ0) is 63.4. The number of H-pyrrole nitrogens is 1. The lowest BCUT2D eigenvalue weighted by Gasteiger charge is -2.48. The van der Waals surface area contributed by atoms with Gasteiger partial charge in [0.15, 0.2) is 0 Å². The van der Waals surface area contributed by atoms with Crippen molar-refractivity contribution in [1.82, 2.24) is 43.7 Å². The second kappa shape index (κ2) is 27.5. The summed E-state index contributed by atoms with van der Waals surface area (Å²) in [6.45, 7) is 33.4. The Labute approximate surface area is 525 Å². The molecule has 3 aromatic carbocycles. The first-order valence-electron chi connectivity index (χ1n) is 31.3. The van der Waals surface area contributed by atoms with E-state index in [1.54, 1.807) is 12.4 Å². The highest BCUT2D eigenvalue weighted by Crippen LogP contribution is 2.45. The van der Waals surface area contributed by atoms with E-state index in [4.69, 9.17) is 0 Å². The molecule has 0 unspecified atom stereocenters. The molecule has 6 aromatic rings. The molecular formula is C66H98N12O7S3. The van der Waals surface area contributed by atoms with Gasteiger partial charge in [-0.3, -0.25) is 9.28 Å². The lowest BCUT2D eigenvalue weighted by molar-refractivity contribution is 0.190. The molecule has 0 spiro atoms. The fourth-order valence-corrected chi connectivity index (χ4v) is 16.1. The second-order valence-corrected chi connectivity index (χ2v) is 33.5. The summed E-state index contributed by atoms with van der Waals surface area (Å²) >= 11 is 0. The zero-order valence-corrected chi connectivity index (χ0v) is 56.6. The molecule has 12 heterocycles. The normalized spacial score (nSPS) is 24.0. The van der Waals surface area contributed by atoms with Gasteiger partial charge < -0.3 is 29.8 Å². The van der Waals surface area contributed by atoms with Crippen LogP contribution in [0.1, 0.15) is 94.2 Å². The fraction of sp³-hybridized carbons (Fsp3) is 0.591. The number of hydrogen-bond acceptors (Lipinski definition) is 16. The van der Waals surface area contributed by atoms with Crippen molar-refractivity contribution < 1.29 is 29.4 Å². The van der Waals surface area contributed by atoms with Gasteiger partial charge in [-0.2, -0.15) is 31.9 Å². The number of aryl methyl sites for hydroxylation is 3. The van der Waals surface area contributed by atoms with E-state index in [9.17, 15) is 25.3 Å². The Kier molecular flexibility index (Phi) is 20.8. The van der Waals surface area contributed by atoms with Crippen LogP contribution in [0, 0.1) is 54.8 Å². The lowest BCUT2D eigenvalue weighted by atomic mass is 9.73. The van der Waals surface area contributed by atoms with Crippen molar-refractivity contribution in [2.45, 2.75) is 119 Å². The van der Waals surface area contributed by atoms with Gasteiger partial charge in [0.2, 0.25) is 0 Å². The molecule has 0 amide bonds. The van der Waals surface area contributed by atoms with Crippen LogP contribution in [-0.2, 0) is 53.6 Å².